The third-order valence-corrected chi connectivity index (χ3v) is 8.17. The van der Waals surface area contributed by atoms with Crippen molar-refractivity contribution in [1.29, 1.82) is 0 Å². The Kier molecular flexibility index (Phi) is 7.57. The van der Waals surface area contributed by atoms with Crippen molar-refractivity contribution in [1.82, 2.24) is 14.9 Å². The molecule has 0 aliphatic heterocycles. The summed E-state index contributed by atoms with van der Waals surface area (Å²) in [5, 5.41) is 2.73. The largest absolute Gasteiger partial charge is 0.341 e. The molecular formula is C25H31F2N3O2S. The van der Waals surface area contributed by atoms with Gasteiger partial charge in [0.15, 0.2) is 5.82 Å². The first-order chi connectivity index (χ1) is 15.6. The fourth-order valence-corrected chi connectivity index (χ4v) is 5.61. The minimum atomic E-state index is -3.26. The van der Waals surface area contributed by atoms with Gasteiger partial charge < -0.3 is 9.88 Å². The molecule has 1 aliphatic carbocycles. The topological polar surface area (TPSA) is 64.0 Å². The van der Waals surface area contributed by atoms with Crippen LogP contribution in [0.15, 0.2) is 55.2 Å². The fourth-order valence-electron chi connectivity index (χ4n) is 3.84. The zero-order chi connectivity index (χ0) is 24.2. The van der Waals surface area contributed by atoms with Crippen LogP contribution in [0.3, 0.4) is 0 Å². The number of allylic oxidation sites excluding steroid dienone is 5. The van der Waals surface area contributed by atoms with Crippen molar-refractivity contribution in [2.75, 3.05) is 12.1 Å². The molecular weight excluding hydrogens is 444 g/mol. The number of fused-ring (bicyclic) bond motifs is 1. The van der Waals surface area contributed by atoms with E-state index in [0.717, 1.165) is 30.2 Å². The summed E-state index contributed by atoms with van der Waals surface area (Å²) in [6, 6.07) is 4.45. The van der Waals surface area contributed by atoms with E-state index in [1.54, 1.807) is 30.5 Å². The van der Waals surface area contributed by atoms with E-state index in [1.807, 2.05) is 13.0 Å². The number of aromatic nitrogens is 2. The summed E-state index contributed by atoms with van der Waals surface area (Å²) < 4.78 is 44.1. The summed E-state index contributed by atoms with van der Waals surface area (Å²) in [5.74, 6) is -3.96. The van der Waals surface area contributed by atoms with Crippen molar-refractivity contribution in [2.24, 2.45) is 0 Å². The molecule has 0 saturated heterocycles. The Balaban J connectivity index is 1.97. The predicted octanol–water partition coefficient (Wildman–Crippen LogP) is 5.36. The monoisotopic (exact) mass is 475 g/mol. The van der Waals surface area contributed by atoms with E-state index >= 15 is 0 Å². The zero-order valence-corrected chi connectivity index (χ0v) is 20.1. The van der Waals surface area contributed by atoms with Crippen LogP contribution in [-0.4, -0.2) is 36.7 Å². The lowest BCUT2D eigenvalue weighted by atomic mass is 10.0. The van der Waals surface area contributed by atoms with Gasteiger partial charge in [0.2, 0.25) is 0 Å². The lowest BCUT2D eigenvalue weighted by molar-refractivity contribution is 0.0370. The molecule has 0 spiro atoms. The number of amides is 1. The maximum atomic E-state index is 14.9. The van der Waals surface area contributed by atoms with Gasteiger partial charge in [-0.3, -0.25) is 9.00 Å². The molecule has 1 heterocycles. The minimum absolute atomic E-state index is 0.0743. The summed E-state index contributed by atoms with van der Waals surface area (Å²) in [6.45, 7) is 7.02. The standard InChI is InChI=1S/C25H31F2N3O2S/c1-5-7-8-10-18(3)30-22-14-13-19(16-21(22)29-24(30)25(26,27)15-6-2)23(31)28-17-33(4,32)20-11-9-12-20/h5-8,13-16,18H,1,9-12,17H2,2-4H3,(H,28,31)/b8-7-,15-6+. The molecule has 0 bridgehead atoms. The van der Waals surface area contributed by atoms with Gasteiger partial charge in [-0.05, 0) is 78.2 Å². The van der Waals surface area contributed by atoms with Crippen molar-refractivity contribution in [3.63, 3.8) is 0 Å². The van der Waals surface area contributed by atoms with Crippen LogP contribution in [0.2, 0.25) is 0 Å². The SMILES string of the molecule is C=C/C=C\CC(C)n1c(C(F)(F)/C=C/C)nc2cc(C(=O)NCS(C)(=O)=C3CCC3)ccc21. The average Bonchev–Trinajstić information content (AvgIpc) is 3.10. The van der Waals surface area contributed by atoms with E-state index in [4.69, 9.17) is 0 Å². The van der Waals surface area contributed by atoms with Gasteiger partial charge in [0.1, 0.15) is 0 Å². The first-order valence-corrected chi connectivity index (χ1v) is 13.2. The van der Waals surface area contributed by atoms with Crippen LogP contribution < -0.4 is 5.32 Å². The van der Waals surface area contributed by atoms with Crippen LogP contribution in [-0.2, 0) is 15.4 Å². The van der Waals surface area contributed by atoms with Crippen molar-refractivity contribution >= 4 is 31.3 Å². The maximum Gasteiger partial charge on any atom is 0.323 e. The Hall–Kier alpha value is -2.74. The second kappa shape index (κ2) is 10.0. The van der Waals surface area contributed by atoms with Gasteiger partial charge in [0.05, 0.1) is 16.9 Å². The zero-order valence-electron chi connectivity index (χ0n) is 19.3. The third-order valence-electron chi connectivity index (χ3n) is 5.85. The summed E-state index contributed by atoms with van der Waals surface area (Å²) in [7, 11) is -2.23. The molecule has 1 amide bonds. The lowest BCUT2D eigenvalue weighted by Gasteiger charge is -2.21. The molecule has 3 rings (SSSR count). The van der Waals surface area contributed by atoms with Gasteiger partial charge in [-0.15, -0.1) is 0 Å². The number of nitrogens with one attached hydrogen (secondary N) is 1. The molecule has 1 N–H and O–H groups in total. The molecule has 2 aromatic rings. The van der Waals surface area contributed by atoms with E-state index in [-0.39, 0.29) is 17.7 Å². The summed E-state index contributed by atoms with van der Waals surface area (Å²) in [4.78, 5) is 17.9. The van der Waals surface area contributed by atoms with Crippen LogP contribution in [0.25, 0.3) is 11.0 Å². The van der Waals surface area contributed by atoms with Gasteiger partial charge >= 0.3 is 5.92 Å². The second-order valence-electron chi connectivity index (χ2n) is 8.43. The van der Waals surface area contributed by atoms with E-state index in [2.05, 4.69) is 16.9 Å². The van der Waals surface area contributed by atoms with Crippen LogP contribution in [0.4, 0.5) is 8.78 Å². The Bertz CT molecular complexity index is 1230. The van der Waals surface area contributed by atoms with E-state index < -0.39 is 21.4 Å². The summed E-state index contributed by atoms with van der Waals surface area (Å²) in [5.41, 5.74) is 1.13. The molecule has 1 aliphatic rings. The maximum absolute atomic E-state index is 14.9. The Morgan fingerprint density at radius 2 is 2.12 bits per heavy atom. The molecule has 1 fully saturated rings. The number of nitrogens with zero attached hydrogens (tertiary/aromatic N) is 2. The first kappa shape index (κ1) is 24.9. The van der Waals surface area contributed by atoms with Crippen LogP contribution >= 0.6 is 0 Å². The number of hydrogen-bond donors (Lipinski definition) is 1. The average molecular weight is 476 g/mol. The first-order valence-electron chi connectivity index (χ1n) is 11.0. The second-order valence-corrected chi connectivity index (χ2v) is 11.3. The molecule has 2 unspecified atom stereocenters. The Labute approximate surface area is 194 Å². The molecule has 178 valence electrons. The number of carbonyl (C=O) groups is 1. The number of halogens is 2. The van der Waals surface area contributed by atoms with Crippen molar-refractivity contribution in [3.05, 3.63) is 66.5 Å². The number of alkyl halides is 2. The van der Waals surface area contributed by atoms with Gasteiger partial charge in [-0.2, -0.15) is 8.78 Å². The van der Waals surface area contributed by atoms with E-state index in [0.29, 0.717) is 23.0 Å². The molecule has 2 atom stereocenters. The highest BCUT2D eigenvalue weighted by Gasteiger charge is 2.36. The van der Waals surface area contributed by atoms with Gasteiger partial charge in [-0.1, -0.05) is 30.9 Å². The van der Waals surface area contributed by atoms with E-state index in [1.165, 1.54) is 23.6 Å². The normalized spacial score (nSPS) is 17.3. The van der Waals surface area contributed by atoms with E-state index in [9.17, 15) is 17.8 Å². The molecule has 5 nitrogen and oxygen atoms in total. The number of carbonyl (C=O) groups excluding carboxylic acids is 1. The predicted molar refractivity (Wildman–Crippen MR) is 132 cm³/mol. The van der Waals surface area contributed by atoms with Crippen molar-refractivity contribution < 1.29 is 17.8 Å². The highest BCUT2D eigenvalue weighted by atomic mass is 32.2. The van der Waals surface area contributed by atoms with Crippen LogP contribution in [0, 0.1) is 0 Å². The third kappa shape index (κ3) is 5.43. The number of hydrogen-bond acceptors (Lipinski definition) is 3. The molecule has 8 heteroatoms. The molecule has 1 saturated carbocycles. The molecule has 0 radical (unpaired) electrons. The smallest absolute Gasteiger partial charge is 0.323 e. The summed E-state index contributed by atoms with van der Waals surface area (Å²) in [6.07, 6.45) is 12.3. The quantitative estimate of drug-likeness (QED) is 0.302. The van der Waals surface area contributed by atoms with Gasteiger partial charge in [-0.25, -0.2) is 4.98 Å². The van der Waals surface area contributed by atoms with Crippen LogP contribution in [0.1, 0.15) is 61.8 Å². The lowest BCUT2D eigenvalue weighted by Crippen LogP contribution is -2.33. The number of rotatable bonds is 9. The van der Waals surface area contributed by atoms with Gasteiger partial charge in [0, 0.05) is 17.9 Å². The highest BCUT2D eigenvalue weighted by molar-refractivity contribution is 8.01. The highest BCUT2D eigenvalue weighted by Crippen LogP contribution is 2.35. The molecule has 33 heavy (non-hydrogen) atoms. The molecule has 1 aromatic heterocycles. The molecule has 1 aromatic carbocycles. The minimum Gasteiger partial charge on any atom is -0.341 e. The number of benzene rings is 1. The van der Waals surface area contributed by atoms with Crippen molar-refractivity contribution in [2.45, 2.75) is 51.5 Å². The Morgan fingerprint density at radius 1 is 1.39 bits per heavy atom. The van der Waals surface area contributed by atoms with Crippen molar-refractivity contribution in [3.8, 4) is 0 Å². The Morgan fingerprint density at radius 3 is 2.73 bits per heavy atom. The van der Waals surface area contributed by atoms with Crippen LogP contribution in [0.5, 0.6) is 0 Å². The summed E-state index contributed by atoms with van der Waals surface area (Å²) >= 11 is 0. The number of imidazole rings is 1. The fraction of sp³-hybridized carbons (Fsp3) is 0.400. The van der Waals surface area contributed by atoms with Gasteiger partial charge in [0.25, 0.3) is 5.91 Å².